The molecule has 0 amide bonds. The average Bonchev–Trinajstić information content (AvgIpc) is 3.11. The molecule has 1 atom stereocenters. The number of hydrogen-bond donors (Lipinski definition) is 1. The first-order valence-electron chi connectivity index (χ1n) is 9.81. The number of carbonyl (C=O) groups excluding carboxylic acids is 1. The maximum atomic E-state index is 11.4. The second kappa shape index (κ2) is 7.06. The van der Waals surface area contributed by atoms with Gasteiger partial charge in [0.05, 0.1) is 0 Å². The topological polar surface area (TPSA) is 80.2 Å². The van der Waals surface area contributed by atoms with Gasteiger partial charge in [-0.25, -0.2) is 4.99 Å². The summed E-state index contributed by atoms with van der Waals surface area (Å²) < 4.78 is 5.48. The molecule has 6 nitrogen and oxygen atoms in total. The summed E-state index contributed by atoms with van der Waals surface area (Å²) in [6.07, 6.45) is 8.50. The largest absolute Gasteiger partial charge is 0.381 e. The van der Waals surface area contributed by atoms with Crippen molar-refractivity contribution in [1.82, 2.24) is 15.2 Å². The predicted octanol–water partition coefficient (Wildman–Crippen LogP) is 3.88. The van der Waals surface area contributed by atoms with E-state index in [9.17, 15) is 4.79 Å². The first-order chi connectivity index (χ1) is 12.5. The number of rotatable bonds is 4. The molecule has 0 spiro atoms. The molecular weight excluding hydrogens is 328 g/mol. The number of H-pyrrole nitrogens is 1. The number of nitrogens with one attached hydrogen (secondary N) is 1. The second-order valence-corrected chi connectivity index (χ2v) is 8.43. The fourth-order valence-electron chi connectivity index (χ4n) is 4.31. The average molecular weight is 356 g/mol. The van der Waals surface area contributed by atoms with Crippen LogP contribution in [0.5, 0.6) is 0 Å². The number of ether oxygens (including phenoxy) is 1. The molecule has 4 rings (SSSR count). The fraction of sp³-hybridized carbons (Fsp3) is 0.700. The van der Waals surface area contributed by atoms with Crippen LogP contribution < -0.4 is 0 Å². The van der Waals surface area contributed by atoms with Crippen LogP contribution >= 0.6 is 0 Å². The van der Waals surface area contributed by atoms with E-state index >= 15 is 0 Å². The van der Waals surface area contributed by atoms with Gasteiger partial charge in [0.25, 0.3) is 5.95 Å². The van der Waals surface area contributed by atoms with Crippen molar-refractivity contribution >= 4 is 23.0 Å². The molecule has 1 unspecified atom stereocenters. The maximum absolute atomic E-state index is 11.4. The van der Waals surface area contributed by atoms with Crippen LogP contribution in [-0.2, 0) is 9.53 Å². The van der Waals surface area contributed by atoms with E-state index in [1.54, 1.807) is 0 Å². The zero-order valence-corrected chi connectivity index (χ0v) is 15.8. The number of aliphatic imine (C=N–C) groups is 1. The number of nitrogens with zero attached hydrogens (tertiary/aromatic N) is 3. The summed E-state index contributed by atoms with van der Waals surface area (Å²) in [4.78, 5) is 20.6. The normalized spacial score (nSPS) is 28.1. The van der Waals surface area contributed by atoms with E-state index in [0.29, 0.717) is 30.5 Å². The summed E-state index contributed by atoms with van der Waals surface area (Å²) in [7, 11) is 0. The molecule has 26 heavy (non-hydrogen) atoms. The standard InChI is InChI=1S/C20H28N4O2/c1-20(2)15(11-13-7-9-26-10-8-13)12-17(20)21-19-22-18(23-24-19)14-3-5-16(25)6-4-14/h3,13,15H,4-12H2,1-2H3,(H,22,23,24). The Morgan fingerprint density at radius 2 is 2.12 bits per heavy atom. The van der Waals surface area contributed by atoms with E-state index in [1.807, 2.05) is 6.08 Å². The Morgan fingerprint density at radius 1 is 1.31 bits per heavy atom. The SMILES string of the molecule is CC1(C)C(=Nc2n[nH]c(C3=CCC(=O)CC3)n2)CC1CC1CCOCC1. The highest BCUT2D eigenvalue weighted by Crippen LogP contribution is 2.48. The molecule has 1 aliphatic heterocycles. The Bertz CT molecular complexity index is 741. The van der Waals surface area contributed by atoms with Crippen LogP contribution in [-0.4, -0.2) is 39.9 Å². The Hall–Kier alpha value is -1.82. The molecule has 0 radical (unpaired) electrons. The van der Waals surface area contributed by atoms with Gasteiger partial charge in [-0.15, -0.1) is 5.10 Å². The molecule has 1 aromatic rings. The van der Waals surface area contributed by atoms with Crippen molar-refractivity contribution in [2.75, 3.05) is 13.2 Å². The highest BCUT2D eigenvalue weighted by molar-refractivity contribution is 5.97. The van der Waals surface area contributed by atoms with Gasteiger partial charge >= 0.3 is 0 Å². The van der Waals surface area contributed by atoms with E-state index in [4.69, 9.17) is 9.73 Å². The number of aromatic amines is 1. The van der Waals surface area contributed by atoms with Crippen LogP contribution in [0.3, 0.4) is 0 Å². The fourth-order valence-corrected chi connectivity index (χ4v) is 4.31. The molecule has 2 fully saturated rings. The van der Waals surface area contributed by atoms with Gasteiger partial charge in [0, 0.05) is 37.2 Å². The minimum Gasteiger partial charge on any atom is -0.381 e. The van der Waals surface area contributed by atoms with E-state index < -0.39 is 0 Å². The first kappa shape index (κ1) is 17.6. The molecule has 1 aromatic heterocycles. The highest BCUT2D eigenvalue weighted by atomic mass is 16.5. The van der Waals surface area contributed by atoms with Crippen LogP contribution in [0.2, 0.25) is 0 Å². The van der Waals surface area contributed by atoms with Gasteiger partial charge in [0.15, 0.2) is 5.82 Å². The van der Waals surface area contributed by atoms with Gasteiger partial charge in [0.2, 0.25) is 0 Å². The molecule has 3 aliphatic rings. The van der Waals surface area contributed by atoms with E-state index in [2.05, 4.69) is 29.0 Å². The molecule has 1 saturated heterocycles. The zero-order valence-electron chi connectivity index (χ0n) is 15.8. The molecule has 6 heteroatoms. The van der Waals surface area contributed by atoms with Crippen molar-refractivity contribution in [2.24, 2.45) is 22.2 Å². The molecular formula is C20H28N4O2. The first-order valence-corrected chi connectivity index (χ1v) is 9.81. The van der Waals surface area contributed by atoms with Crippen molar-refractivity contribution in [2.45, 2.75) is 58.8 Å². The van der Waals surface area contributed by atoms with Crippen molar-refractivity contribution in [3.63, 3.8) is 0 Å². The smallest absolute Gasteiger partial charge is 0.268 e. The minimum atomic E-state index is 0.121. The lowest BCUT2D eigenvalue weighted by Crippen LogP contribution is -2.46. The summed E-state index contributed by atoms with van der Waals surface area (Å²) in [6, 6.07) is 0. The lowest BCUT2D eigenvalue weighted by molar-refractivity contribution is -0.118. The zero-order chi connectivity index (χ0) is 18.1. The predicted molar refractivity (Wildman–Crippen MR) is 100 cm³/mol. The molecule has 2 heterocycles. The monoisotopic (exact) mass is 356 g/mol. The number of carbonyl (C=O) groups is 1. The van der Waals surface area contributed by atoms with Gasteiger partial charge in [-0.3, -0.25) is 9.89 Å². The summed E-state index contributed by atoms with van der Waals surface area (Å²) >= 11 is 0. The van der Waals surface area contributed by atoms with E-state index in [-0.39, 0.29) is 5.41 Å². The third-order valence-electron chi connectivity index (χ3n) is 6.42. The van der Waals surface area contributed by atoms with Crippen LogP contribution in [0.25, 0.3) is 5.57 Å². The molecule has 2 aliphatic carbocycles. The van der Waals surface area contributed by atoms with Crippen molar-refractivity contribution in [3.8, 4) is 0 Å². The molecule has 0 aromatic carbocycles. The molecule has 140 valence electrons. The Kier molecular flexibility index (Phi) is 4.78. The third-order valence-corrected chi connectivity index (χ3v) is 6.42. The van der Waals surface area contributed by atoms with Gasteiger partial charge in [-0.2, -0.15) is 4.98 Å². The lowest BCUT2D eigenvalue weighted by Gasteiger charge is -2.47. The van der Waals surface area contributed by atoms with Gasteiger partial charge in [0.1, 0.15) is 5.78 Å². The molecule has 1 N–H and O–H groups in total. The molecule has 1 saturated carbocycles. The van der Waals surface area contributed by atoms with Crippen LogP contribution in [0.4, 0.5) is 5.95 Å². The highest BCUT2D eigenvalue weighted by Gasteiger charge is 2.45. The second-order valence-electron chi connectivity index (χ2n) is 8.43. The maximum Gasteiger partial charge on any atom is 0.268 e. The number of aromatic nitrogens is 3. The van der Waals surface area contributed by atoms with Crippen molar-refractivity contribution in [3.05, 3.63) is 11.9 Å². The quantitative estimate of drug-likeness (QED) is 0.888. The van der Waals surface area contributed by atoms with Gasteiger partial charge < -0.3 is 4.74 Å². The summed E-state index contributed by atoms with van der Waals surface area (Å²) in [6.45, 7) is 6.42. The third kappa shape index (κ3) is 3.52. The van der Waals surface area contributed by atoms with Crippen molar-refractivity contribution in [1.29, 1.82) is 0 Å². The van der Waals surface area contributed by atoms with Gasteiger partial charge in [-0.1, -0.05) is 19.9 Å². The van der Waals surface area contributed by atoms with Crippen LogP contribution in [0.15, 0.2) is 11.1 Å². The summed E-state index contributed by atoms with van der Waals surface area (Å²) in [5.41, 5.74) is 2.40. The Labute approximate surface area is 154 Å². The number of Topliss-reactive ketones (excluding diaryl/α,β-unsaturated/α-hetero) is 1. The number of hydrogen-bond acceptors (Lipinski definition) is 5. The Balaban J connectivity index is 1.40. The lowest BCUT2D eigenvalue weighted by atomic mass is 9.58. The summed E-state index contributed by atoms with van der Waals surface area (Å²) in [5, 5.41) is 7.26. The van der Waals surface area contributed by atoms with Crippen molar-refractivity contribution < 1.29 is 9.53 Å². The summed E-state index contributed by atoms with van der Waals surface area (Å²) in [5.74, 6) is 3.05. The molecule has 0 bridgehead atoms. The number of ketones is 1. The van der Waals surface area contributed by atoms with Crippen LogP contribution in [0, 0.1) is 17.3 Å². The van der Waals surface area contributed by atoms with E-state index in [0.717, 1.165) is 43.4 Å². The van der Waals surface area contributed by atoms with E-state index in [1.165, 1.54) is 25.0 Å². The number of allylic oxidation sites excluding steroid dienone is 2. The Morgan fingerprint density at radius 3 is 2.81 bits per heavy atom. The minimum absolute atomic E-state index is 0.121. The van der Waals surface area contributed by atoms with Crippen LogP contribution in [0.1, 0.15) is 64.6 Å². The van der Waals surface area contributed by atoms with Gasteiger partial charge in [-0.05, 0) is 49.5 Å².